The Morgan fingerprint density at radius 1 is 1.06 bits per heavy atom. The summed E-state index contributed by atoms with van der Waals surface area (Å²) in [6.07, 6.45) is 0.634. The molecular formula is C13H23NO4. The van der Waals surface area contributed by atoms with Crippen LogP contribution >= 0.6 is 0 Å². The minimum atomic E-state index is -0.751. The maximum Gasteiger partial charge on any atom is 0.328 e. The molecule has 0 fully saturated rings. The first-order chi connectivity index (χ1) is 8.27. The summed E-state index contributed by atoms with van der Waals surface area (Å²) in [6.45, 7) is 7.57. The number of nitrogens with one attached hydrogen (secondary N) is 1. The summed E-state index contributed by atoms with van der Waals surface area (Å²) in [5, 5.41) is 2.44. The molecule has 1 atom stereocenters. The Labute approximate surface area is 108 Å². The molecule has 0 unspecified atom stereocenters. The second-order valence-electron chi connectivity index (χ2n) is 5.20. The molecule has 0 bridgehead atoms. The average Bonchev–Trinajstić information content (AvgIpc) is 2.25. The van der Waals surface area contributed by atoms with E-state index in [9.17, 15) is 14.4 Å². The van der Waals surface area contributed by atoms with E-state index in [0.717, 1.165) is 0 Å². The summed E-state index contributed by atoms with van der Waals surface area (Å²) >= 11 is 0. The first-order valence-corrected chi connectivity index (χ1v) is 6.19. The third-order valence-corrected chi connectivity index (χ3v) is 2.35. The molecular weight excluding hydrogens is 234 g/mol. The monoisotopic (exact) mass is 257 g/mol. The van der Waals surface area contributed by atoms with Crippen LogP contribution in [-0.2, 0) is 19.1 Å². The maximum atomic E-state index is 11.6. The summed E-state index contributed by atoms with van der Waals surface area (Å²) in [7, 11) is 1.26. The van der Waals surface area contributed by atoms with E-state index in [1.807, 2.05) is 27.7 Å². The number of carbonyl (C=O) groups excluding carboxylic acids is 3. The molecule has 1 amide bonds. The van der Waals surface area contributed by atoms with Crippen molar-refractivity contribution in [1.82, 2.24) is 5.32 Å². The smallest absolute Gasteiger partial charge is 0.328 e. The summed E-state index contributed by atoms with van der Waals surface area (Å²) in [5.74, 6) is -1.39. The number of carbonyl (C=O) groups is 3. The topological polar surface area (TPSA) is 72.5 Å². The van der Waals surface area contributed by atoms with Gasteiger partial charge in [-0.05, 0) is 18.3 Å². The molecule has 0 aromatic heterocycles. The van der Waals surface area contributed by atoms with Gasteiger partial charge in [-0.3, -0.25) is 9.59 Å². The molecule has 0 spiro atoms. The first-order valence-electron chi connectivity index (χ1n) is 6.19. The molecule has 0 aromatic carbocycles. The van der Waals surface area contributed by atoms with Crippen molar-refractivity contribution in [3.63, 3.8) is 0 Å². The lowest BCUT2D eigenvalue weighted by Crippen LogP contribution is -2.45. The van der Waals surface area contributed by atoms with E-state index < -0.39 is 23.7 Å². The maximum absolute atomic E-state index is 11.6. The fourth-order valence-electron chi connectivity index (χ4n) is 1.53. The van der Waals surface area contributed by atoms with Crippen molar-refractivity contribution < 1.29 is 19.1 Å². The lowest BCUT2D eigenvalue weighted by Gasteiger charge is -2.18. The quantitative estimate of drug-likeness (QED) is 0.551. The van der Waals surface area contributed by atoms with Crippen LogP contribution in [0.2, 0.25) is 0 Å². The fourth-order valence-corrected chi connectivity index (χ4v) is 1.53. The van der Waals surface area contributed by atoms with Crippen LogP contribution in [0.15, 0.2) is 0 Å². The van der Waals surface area contributed by atoms with E-state index in [1.165, 1.54) is 7.11 Å². The van der Waals surface area contributed by atoms with E-state index in [4.69, 9.17) is 0 Å². The van der Waals surface area contributed by atoms with Crippen LogP contribution in [0.1, 0.15) is 40.5 Å². The fraction of sp³-hybridized carbons (Fsp3) is 0.769. The lowest BCUT2D eigenvalue weighted by atomic mass is 10.0. The Balaban J connectivity index is 4.52. The van der Waals surface area contributed by atoms with Gasteiger partial charge in [0, 0.05) is 6.42 Å². The first kappa shape index (κ1) is 16.6. The minimum Gasteiger partial charge on any atom is -0.467 e. The summed E-state index contributed by atoms with van der Waals surface area (Å²) in [4.78, 5) is 34.6. The van der Waals surface area contributed by atoms with E-state index in [-0.39, 0.29) is 18.3 Å². The van der Waals surface area contributed by atoms with E-state index in [0.29, 0.717) is 6.42 Å². The van der Waals surface area contributed by atoms with Crippen LogP contribution in [0.5, 0.6) is 0 Å². The second kappa shape index (κ2) is 7.84. The standard InChI is InChI=1S/C13H23NO4/c1-8(2)6-10(13(17)18-5)14-12(16)11(15)7-9(3)4/h8-10H,6-7H2,1-5H3,(H,14,16)/t10-/m0/s1. The van der Waals surface area contributed by atoms with Gasteiger partial charge in [0.2, 0.25) is 5.78 Å². The van der Waals surface area contributed by atoms with Gasteiger partial charge < -0.3 is 10.1 Å². The van der Waals surface area contributed by atoms with Gasteiger partial charge in [-0.25, -0.2) is 4.79 Å². The highest BCUT2D eigenvalue weighted by Gasteiger charge is 2.25. The lowest BCUT2D eigenvalue weighted by molar-refractivity contribution is -0.147. The number of ether oxygens (including phenoxy) is 1. The molecule has 5 heteroatoms. The van der Waals surface area contributed by atoms with Crippen molar-refractivity contribution in [3.8, 4) is 0 Å². The van der Waals surface area contributed by atoms with Crippen molar-refractivity contribution in [1.29, 1.82) is 0 Å². The number of methoxy groups -OCH3 is 1. The zero-order valence-electron chi connectivity index (χ0n) is 11.8. The molecule has 18 heavy (non-hydrogen) atoms. The molecule has 104 valence electrons. The Bertz CT molecular complexity index is 310. The number of hydrogen-bond donors (Lipinski definition) is 1. The average molecular weight is 257 g/mol. The molecule has 5 nitrogen and oxygen atoms in total. The molecule has 0 saturated carbocycles. The largest absolute Gasteiger partial charge is 0.467 e. The van der Waals surface area contributed by atoms with Gasteiger partial charge in [-0.2, -0.15) is 0 Å². The van der Waals surface area contributed by atoms with Gasteiger partial charge in [0.05, 0.1) is 7.11 Å². The number of amides is 1. The highest BCUT2D eigenvalue weighted by atomic mass is 16.5. The molecule has 0 saturated heterocycles. The number of hydrogen-bond acceptors (Lipinski definition) is 4. The van der Waals surface area contributed by atoms with E-state index >= 15 is 0 Å². The SMILES string of the molecule is COC(=O)[C@H](CC(C)C)NC(=O)C(=O)CC(C)C. The Morgan fingerprint density at radius 3 is 2.00 bits per heavy atom. The van der Waals surface area contributed by atoms with Gasteiger partial charge >= 0.3 is 5.97 Å². The third kappa shape index (κ3) is 6.37. The summed E-state index contributed by atoms with van der Waals surface area (Å²) < 4.78 is 4.61. The number of ketones is 1. The Hall–Kier alpha value is -1.39. The van der Waals surface area contributed by atoms with Crippen molar-refractivity contribution >= 4 is 17.7 Å². The molecule has 0 radical (unpaired) electrons. The number of Topliss-reactive ketones (excluding diaryl/α,β-unsaturated/α-hetero) is 1. The van der Waals surface area contributed by atoms with Crippen molar-refractivity contribution in [2.45, 2.75) is 46.6 Å². The van der Waals surface area contributed by atoms with Crippen LogP contribution in [0.3, 0.4) is 0 Å². The predicted octanol–water partition coefficient (Wildman–Crippen LogP) is 1.31. The van der Waals surface area contributed by atoms with Crippen molar-refractivity contribution in [2.24, 2.45) is 11.8 Å². The van der Waals surface area contributed by atoms with Crippen molar-refractivity contribution in [3.05, 3.63) is 0 Å². The number of esters is 1. The minimum absolute atomic E-state index is 0.116. The van der Waals surface area contributed by atoms with Gasteiger partial charge in [0.15, 0.2) is 0 Å². The number of rotatable bonds is 7. The van der Waals surface area contributed by atoms with Gasteiger partial charge in [0.1, 0.15) is 6.04 Å². The molecule has 0 aliphatic heterocycles. The molecule has 0 aliphatic carbocycles. The molecule has 0 heterocycles. The van der Waals surface area contributed by atoms with Gasteiger partial charge in [-0.1, -0.05) is 27.7 Å². The van der Waals surface area contributed by atoms with Gasteiger partial charge in [-0.15, -0.1) is 0 Å². The van der Waals surface area contributed by atoms with E-state index in [1.54, 1.807) is 0 Å². The Morgan fingerprint density at radius 2 is 1.61 bits per heavy atom. The third-order valence-electron chi connectivity index (χ3n) is 2.35. The summed E-state index contributed by atoms with van der Waals surface area (Å²) in [6, 6.07) is -0.751. The second-order valence-corrected chi connectivity index (χ2v) is 5.20. The highest BCUT2D eigenvalue weighted by Crippen LogP contribution is 2.07. The molecule has 0 aliphatic rings. The van der Waals surface area contributed by atoms with Crippen LogP contribution in [0.4, 0.5) is 0 Å². The Kier molecular flexibility index (Phi) is 7.24. The highest BCUT2D eigenvalue weighted by molar-refractivity contribution is 6.36. The van der Waals surface area contributed by atoms with Crippen molar-refractivity contribution in [2.75, 3.05) is 7.11 Å². The van der Waals surface area contributed by atoms with Crippen LogP contribution in [-0.4, -0.2) is 30.8 Å². The van der Waals surface area contributed by atoms with Crippen LogP contribution in [0, 0.1) is 11.8 Å². The molecule has 0 aromatic rings. The molecule has 1 N–H and O–H groups in total. The zero-order chi connectivity index (χ0) is 14.3. The van der Waals surface area contributed by atoms with E-state index in [2.05, 4.69) is 10.1 Å². The summed E-state index contributed by atoms with van der Waals surface area (Å²) in [5.41, 5.74) is 0. The zero-order valence-corrected chi connectivity index (χ0v) is 11.8. The molecule has 0 rings (SSSR count). The van der Waals surface area contributed by atoms with Gasteiger partial charge in [0.25, 0.3) is 5.91 Å². The van der Waals surface area contributed by atoms with Crippen LogP contribution in [0.25, 0.3) is 0 Å². The van der Waals surface area contributed by atoms with Crippen LogP contribution < -0.4 is 5.32 Å². The predicted molar refractivity (Wildman–Crippen MR) is 67.9 cm³/mol. The normalized spacial score (nSPS) is 12.4.